The lowest BCUT2D eigenvalue weighted by molar-refractivity contribution is 0.257. The lowest BCUT2D eigenvalue weighted by Gasteiger charge is -2.22. The summed E-state index contributed by atoms with van der Waals surface area (Å²) >= 11 is 0. The van der Waals surface area contributed by atoms with Gasteiger partial charge < -0.3 is 9.15 Å². The van der Waals surface area contributed by atoms with Crippen molar-refractivity contribution in [2.45, 2.75) is 46.1 Å². The third kappa shape index (κ3) is 5.25. The van der Waals surface area contributed by atoms with Crippen molar-refractivity contribution in [1.29, 1.82) is 0 Å². The number of nitrogens with zero attached hydrogens (tertiary/aromatic N) is 2. The highest BCUT2D eigenvalue weighted by molar-refractivity contribution is 6.04. The molecule has 0 fully saturated rings. The van der Waals surface area contributed by atoms with Crippen LogP contribution in [0.5, 0.6) is 5.75 Å². The first kappa shape index (κ1) is 23.0. The Balaban J connectivity index is 1.50. The van der Waals surface area contributed by atoms with Crippen molar-refractivity contribution in [1.82, 2.24) is 9.88 Å². The molecule has 0 aliphatic rings. The molecule has 5 heteroatoms. The molecule has 4 aromatic rings. The molecule has 0 saturated heterocycles. The third-order valence-corrected chi connectivity index (χ3v) is 6.27. The zero-order valence-electron chi connectivity index (χ0n) is 19.8. The first-order chi connectivity index (χ1) is 16.1. The van der Waals surface area contributed by atoms with Gasteiger partial charge in [0.2, 0.25) is 0 Å². The Kier molecular flexibility index (Phi) is 7.40. The van der Waals surface area contributed by atoms with Gasteiger partial charge >= 0.3 is 5.63 Å². The number of aromatic nitrogens is 1. The number of methoxy groups -OCH3 is 1. The summed E-state index contributed by atoms with van der Waals surface area (Å²) in [5, 5.41) is 2.45. The zero-order valence-corrected chi connectivity index (χ0v) is 19.8. The Morgan fingerprint density at radius 1 is 1.03 bits per heavy atom. The van der Waals surface area contributed by atoms with Crippen LogP contribution in [0.4, 0.5) is 0 Å². The molecule has 0 amide bonds. The van der Waals surface area contributed by atoms with E-state index in [2.05, 4.69) is 24.0 Å². The quantitative estimate of drug-likeness (QED) is 0.225. The summed E-state index contributed by atoms with van der Waals surface area (Å²) in [6.07, 6.45) is 5.98. The zero-order chi connectivity index (χ0) is 23.2. The topological polar surface area (TPSA) is 55.6 Å². The normalized spacial score (nSPS) is 11.5. The summed E-state index contributed by atoms with van der Waals surface area (Å²) in [5.41, 5.74) is 3.48. The van der Waals surface area contributed by atoms with E-state index in [9.17, 15) is 4.79 Å². The summed E-state index contributed by atoms with van der Waals surface area (Å²) < 4.78 is 11.0. The molecule has 2 heterocycles. The second-order valence-corrected chi connectivity index (χ2v) is 8.59. The number of benzene rings is 2. The molecule has 0 atom stereocenters. The largest absolute Gasteiger partial charge is 0.497 e. The SMILES string of the molecule is CCCCN(CCCc1ncc2c(c1C)c(=O)oc1ccccc12)Cc1cccc(OC)c1. The summed E-state index contributed by atoms with van der Waals surface area (Å²) in [4.78, 5) is 20.0. The molecule has 0 aliphatic carbocycles. The molecule has 0 aliphatic heterocycles. The molecule has 4 rings (SSSR count). The van der Waals surface area contributed by atoms with Crippen LogP contribution in [-0.4, -0.2) is 30.1 Å². The van der Waals surface area contributed by atoms with Crippen molar-refractivity contribution >= 4 is 21.7 Å². The van der Waals surface area contributed by atoms with Gasteiger partial charge in [-0.3, -0.25) is 9.88 Å². The summed E-state index contributed by atoms with van der Waals surface area (Å²) in [6.45, 7) is 7.15. The van der Waals surface area contributed by atoms with E-state index in [4.69, 9.17) is 14.1 Å². The number of aryl methyl sites for hydroxylation is 2. The van der Waals surface area contributed by atoms with Gasteiger partial charge in [0.25, 0.3) is 0 Å². The average molecular weight is 445 g/mol. The summed E-state index contributed by atoms with van der Waals surface area (Å²) in [5.74, 6) is 0.894. The minimum atomic E-state index is -0.285. The van der Waals surface area contributed by atoms with Gasteiger partial charge in [0.1, 0.15) is 11.3 Å². The Morgan fingerprint density at radius 3 is 2.67 bits per heavy atom. The van der Waals surface area contributed by atoms with E-state index < -0.39 is 0 Å². The lowest BCUT2D eigenvalue weighted by Crippen LogP contribution is -2.26. The van der Waals surface area contributed by atoms with Gasteiger partial charge in [-0.2, -0.15) is 0 Å². The minimum absolute atomic E-state index is 0.285. The Labute approximate surface area is 195 Å². The van der Waals surface area contributed by atoms with Gasteiger partial charge in [0.05, 0.1) is 12.5 Å². The average Bonchev–Trinajstić information content (AvgIpc) is 2.83. The highest BCUT2D eigenvalue weighted by Crippen LogP contribution is 2.25. The maximum absolute atomic E-state index is 12.7. The number of rotatable bonds is 10. The molecule has 0 N–H and O–H groups in total. The fourth-order valence-corrected chi connectivity index (χ4v) is 4.45. The van der Waals surface area contributed by atoms with Crippen molar-refractivity contribution < 1.29 is 9.15 Å². The number of unbranched alkanes of at least 4 members (excludes halogenated alkanes) is 1. The van der Waals surface area contributed by atoms with Gasteiger partial charge in [0, 0.05) is 29.2 Å². The predicted octanol–water partition coefficient (Wildman–Crippen LogP) is 5.89. The Bertz CT molecular complexity index is 1300. The van der Waals surface area contributed by atoms with Crippen LogP contribution in [0.15, 0.2) is 63.9 Å². The van der Waals surface area contributed by atoms with Crippen LogP contribution in [0, 0.1) is 6.92 Å². The molecule has 0 bridgehead atoms. The molecule has 33 heavy (non-hydrogen) atoms. The first-order valence-electron chi connectivity index (χ1n) is 11.8. The molecule has 0 unspecified atom stereocenters. The van der Waals surface area contributed by atoms with E-state index >= 15 is 0 Å². The van der Waals surface area contributed by atoms with E-state index in [0.717, 1.165) is 60.3 Å². The minimum Gasteiger partial charge on any atom is -0.497 e. The molecule has 5 nitrogen and oxygen atoms in total. The summed E-state index contributed by atoms with van der Waals surface area (Å²) in [7, 11) is 1.70. The second-order valence-electron chi connectivity index (χ2n) is 8.59. The van der Waals surface area contributed by atoms with Crippen LogP contribution in [-0.2, 0) is 13.0 Å². The summed E-state index contributed by atoms with van der Waals surface area (Å²) in [6, 6.07) is 15.9. The fraction of sp³-hybridized carbons (Fsp3) is 0.357. The van der Waals surface area contributed by atoms with E-state index in [-0.39, 0.29) is 5.63 Å². The van der Waals surface area contributed by atoms with Crippen LogP contribution < -0.4 is 10.4 Å². The number of hydrogen-bond acceptors (Lipinski definition) is 5. The van der Waals surface area contributed by atoms with Gasteiger partial charge in [-0.25, -0.2) is 4.79 Å². The standard InChI is InChI=1S/C28H32N2O3/c1-4-5-15-30(19-21-10-8-11-22(17-21)32-3)16-9-13-25-20(2)27-24(18-29-25)23-12-6-7-14-26(23)33-28(27)31/h6-8,10-12,14,17-18H,4-5,9,13,15-16,19H2,1-3H3. The van der Waals surface area contributed by atoms with Gasteiger partial charge in [0.15, 0.2) is 0 Å². The van der Waals surface area contributed by atoms with E-state index in [1.807, 2.05) is 49.5 Å². The van der Waals surface area contributed by atoms with Crippen molar-refractivity contribution in [2.24, 2.45) is 0 Å². The van der Waals surface area contributed by atoms with E-state index in [1.165, 1.54) is 18.4 Å². The van der Waals surface area contributed by atoms with Crippen LogP contribution in [0.3, 0.4) is 0 Å². The van der Waals surface area contributed by atoms with Crippen molar-refractivity contribution in [3.63, 3.8) is 0 Å². The molecule has 0 radical (unpaired) electrons. The maximum atomic E-state index is 12.7. The number of ether oxygens (including phenoxy) is 1. The Morgan fingerprint density at radius 2 is 1.85 bits per heavy atom. The Hall–Kier alpha value is -3.18. The number of para-hydroxylation sites is 1. The third-order valence-electron chi connectivity index (χ3n) is 6.27. The van der Waals surface area contributed by atoms with Gasteiger partial charge in [-0.1, -0.05) is 43.7 Å². The van der Waals surface area contributed by atoms with Gasteiger partial charge in [-0.05, 0) is 68.6 Å². The first-order valence-corrected chi connectivity index (χ1v) is 11.8. The molecule has 2 aromatic carbocycles. The maximum Gasteiger partial charge on any atom is 0.344 e. The monoisotopic (exact) mass is 444 g/mol. The van der Waals surface area contributed by atoms with Crippen LogP contribution >= 0.6 is 0 Å². The molecule has 172 valence electrons. The fourth-order valence-electron chi connectivity index (χ4n) is 4.45. The van der Waals surface area contributed by atoms with Crippen molar-refractivity contribution in [2.75, 3.05) is 20.2 Å². The smallest absolute Gasteiger partial charge is 0.344 e. The predicted molar refractivity (Wildman–Crippen MR) is 134 cm³/mol. The van der Waals surface area contributed by atoms with Crippen LogP contribution in [0.1, 0.15) is 43.0 Å². The lowest BCUT2D eigenvalue weighted by atomic mass is 10.0. The molecule has 0 saturated carbocycles. The number of pyridine rings is 1. The van der Waals surface area contributed by atoms with Gasteiger partial charge in [-0.15, -0.1) is 0 Å². The molecule has 0 spiro atoms. The highest BCUT2D eigenvalue weighted by Gasteiger charge is 2.14. The highest BCUT2D eigenvalue weighted by atomic mass is 16.5. The van der Waals surface area contributed by atoms with Crippen LogP contribution in [0.25, 0.3) is 21.7 Å². The number of fused-ring (bicyclic) bond motifs is 3. The van der Waals surface area contributed by atoms with E-state index in [0.29, 0.717) is 11.0 Å². The number of hydrogen-bond donors (Lipinski definition) is 0. The molecular weight excluding hydrogens is 412 g/mol. The van der Waals surface area contributed by atoms with Crippen molar-refractivity contribution in [3.05, 3.63) is 82.0 Å². The van der Waals surface area contributed by atoms with Crippen LogP contribution in [0.2, 0.25) is 0 Å². The second kappa shape index (κ2) is 10.6. The van der Waals surface area contributed by atoms with E-state index in [1.54, 1.807) is 7.11 Å². The molecule has 2 aromatic heterocycles. The molecular formula is C28H32N2O3. The van der Waals surface area contributed by atoms with Crippen molar-refractivity contribution in [3.8, 4) is 5.75 Å².